The van der Waals surface area contributed by atoms with Crippen molar-refractivity contribution in [3.05, 3.63) is 0 Å². The van der Waals surface area contributed by atoms with Crippen molar-refractivity contribution in [3.63, 3.8) is 0 Å². The van der Waals surface area contributed by atoms with Crippen LogP contribution in [0.5, 0.6) is 0 Å². The summed E-state index contributed by atoms with van der Waals surface area (Å²) in [7, 11) is 1.36. The molecule has 0 aliphatic heterocycles. The molecule has 1 aliphatic carbocycles. The van der Waals surface area contributed by atoms with Gasteiger partial charge in [0.15, 0.2) is 0 Å². The van der Waals surface area contributed by atoms with Crippen LogP contribution in [0.3, 0.4) is 0 Å². The van der Waals surface area contributed by atoms with E-state index in [1.54, 1.807) is 6.92 Å². The van der Waals surface area contributed by atoms with Gasteiger partial charge in [0.05, 0.1) is 7.11 Å². The SMILES string of the molecule is COC(=O)C(C)(NC(=O)C1CCCC(C)C1)C(C)C. The zero-order chi connectivity index (χ0) is 14.6. The smallest absolute Gasteiger partial charge is 0.331 e. The molecule has 0 radical (unpaired) electrons. The maximum atomic E-state index is 12.4. The molecule has 1 amide bonds. The van der Waals surface area contributed by atoms with Crippen LogP contribution in [-0.2, 0) is 14.3 Å². The van der Waals surface area contributed by atoms with E-state index in [1.807, 2.05) is 13.8 Å². The minimum Gasteiger partial charge on any atom is -0.467 e. The average Bonchev–Trinajstić information content (AvgIpc) is 2.37. The van der Waals surface area contributed by atoms with Crippen molar-refractivity contribution in [3.8, 4) is 0 Å². The van der Waals surface area contributed by atoms with E-state index < -0.39 is 5.54 Å². The van der Waals surface area contributed by atoms with Crippen LogP contribution in [0.15, 0.2) is 0 Å². The van der Waals surface area contributed by atoms with E-state index >= 15 is 0 Å². The summed E-state index contributed by atoms with van der Waals surface area (Å²) in [6.07, 6.45) is 4.13. The van der Waals surface area contributed by atoms with Crippen molar-refractivity contribution in [2.75, 3.05) is 7.11 Å². The summed E-state index contributed by atoms with van der Waals surface area (Å²) in [5, 5.41) is 2.92. The molecule has 1 rings (SSSR count). The molecule has 1 aliphatic rings. The van der Waals surface area contributed by atoms with E-state index in [1.165, 1.54) is 13.5 Å². The molecular formula is C15H27NO3. The number of carbonyl (C=O) groups excluding carboxylic acids is 2. The van der Waals surface area contributed by atoms with Crippen molar-refractivity contribution < 1.29 is 14.3 Å². The molecule has 1 N–H and O–H groups in total. The molecular weight excluding hydrogens is 242 g/mol. The van der Waals surface area contributed by atoms with Crippen LogP contribution in [0.25, 0.3) is 0 Å². The fourth-order valence-electron chi connectivity index (χ4n) is 2.67. The lowest BCUT2D eigenvalue weighted by atomic mass is 9.80. The highest BCUT2D eigenvalue weighted by Gasteiger charge is 2.41. The molecule has 0 aromatic rings. The third-order valence-corrected chi connectivity index (χ3v) is 4.45. The first-order valence-electron chi connectivity index (χ1n) is 7.21. The van der Waals surface area contributed by atoms with Gasteiger partial charge in [-0.15, -0.1) is 0 Å². The minimum absolute atomic E-state index is 0.00634. The van der Waals surface area contributed by atoms with Crippen molar-refractivity contribution in [2.45, 2.75) is 58.9 Å². The summed E-state index contributed by atoms with van der Waals surface area (Å²) in [6.45, 7) is 7.76. The van der Waals surface area contributed by atoms with Crippen molar-refractivity contribution in [1.82, 2.24) is 5.32 Å². The summed E-state index contributed by atoms with van der Waals surface area (Å²) >= 11 is 0. The summed E-state index contributed by atoms with van der Waals surface area (Å²) in [6, 6.07) is 0. The maximum absolute atomic E-state index is 12.4. The predicted octanol–water partition coefficient (Wildman–Crippen LogP) is 2.52. The van der Waals surface area contributed by atoms with E-state index in [9.17, 15) is 9.59 Å². The lowest BCUT2D eigenvalue weighted by Gasteiger charge is -2.34. The Morgan fingerprint density at radius 1 is 1.32 bits per heavy atom. The van der Waals surface area contributed by atoms with Crippen molar-refractivity contribution in [2.24, 2.45) is 17.8 Å². The Hall–Kier alpha value is -1.06. The van der Waals surface area contributed by atoms with E-state index in [0.717, 1.165) is 19.3 Å². The monoisotopic (exact) mass is 269 g/mol. The van der Waals surface area contributed by atoms with Crippen LogP contribution >= 0.6 is 0 Å². The van der Waals surface area contributed by atoms with Gasteiger partial charge in [-0.3, -0.25) is 4.79 Å². The summed E-state index contributed by atoms with van der Waals surface area (Å²) in [5.41, 5.74) is -0.938. The van der Waals surface area contributed by atoms with E-state index in [0.29, 0.717) is 5.92 Å². The number of carbonyl (C=O) groups is 2. The molecule has 0 aromatic carbocycles. The number of hydrogen-bond acceptors (Lipinski definition) is 3. The number of rotatable bonds is 4. The standard InChI is InChI=1S/C15H27NO3/c1-10(2)15(4,14(18)19-5)16-13(17)12-8-6-7-11(3)9-12/h10-12H,6-9H2,1-5H3,(H,16,17). The van der Waals surface area contributed by atoms with Gasteiger partial charge >= 0.3 is 5.97 Å². The highest BCUT2D eigenvalue weighted by Crippen LogP contribution is 2.29. The van der Waals surface area contributed by atoms with Crippen LogP contribution in [0.1, 0.15) is 53.4 Å². The topological polar surface area (TPSA) is 55.4 Å². The van der Waals surface area contributed by atoms with Gasteiger partial charge in [0.25, 0.3) is 0 Å². The van der Waals surface area contributed by atoms with Gasteiger partial charge < -0.3 is 10.1 Å². The quantitative estimate of drug-likeness (QED) is 0.798. The Labute approximate surface area is 116 Å². The first-order chi connectivity index (χ1) is 8.81. The molecule has 1 saturated carbocycles. The summed E-state index contributed by atoms with van der Waals surface area (Å²) in [5.74, 6) is 0.234. The van der Waals surface area contributed by atoms with Crippen molar-refractivity contribution >= 4 is 11.9 Å². The third kappa shape index (κ3) is 3.71. The van der Waals surface area contributed by atoms with E-state index in [4.69, 9.17) is 4.74 Å². The van der Waals surface area contributed by atoms with Crippen LogP contribution in [-0.4, -0.2) is 24.5 Å². The van der Waals surface area contributed by atoms with E-state index in [-0.39, 0.29) is 23.7 Å². The number of hydrogen-bond donors (Lipinski definition) is 1. The Morgan fingerprint density at radius 2 is 1.95 bits per heavy atom. The molecule has 110 valence electrons. The molecule has 3 unspecified atom stereocenters. The molecule has 4 nitrogen and oxygen atoms in total. The van der Waals surface area contributed by atoms with Gasteiger partial charge in [0.1, 0.15) is 5.54 Å². The molecule has 0 spiro atoms. The van der Waals surface area contributed by atoms with Crippen molar-refractivity contribution in [1.29, 1.82) is 0 Å². The van der Waals surface area contributed by atoms with E-state index in [2.05, 4.69) is 12.2 Å². The summed E-state index contributed by atoms with van der Waals surface area (Å²) < 4.78 is 4.83. The highest BCUT2D eigenvalue weighted by molar-refractivity contribution is 5.88. The molecule has 0 bridgehead atoms. The Kier molecular flexibility index (Phi) is 5.39. The second-order valence-electron chi connectivity index (χ2n) is 6.31. The first-order valence-corrected chi connectivity index (χ1v) is 7.21. The van der Waals surface area contributed by atoms with Gasteiger partial charge in [-0.05, 0) is 31.6 Å². The van der Waals surface area contributed by atoms with Gasteiger partial charge in [0.2, 0.25) is 5.91 Å². The molecule has 3 atom stereocenters. The number of methoxy groups -OCH3 is 1. The maximum Gasteiger partial charge on any atom is 0.331 e. The zero-order valence-electron chi connectivity index (χ0n) is 12.8. The summed E-state index contributed by atoms with van der Waals surface area (Å²) in [4.78, 5) is 24.3. The Bertz CT molecular complexity index is 340. The third-order valence-electron chi connectivity index (χ3n) is 4.45. The normalized spacial score (nSPS) is 26.6. The molecule has 19 heavy (non-hydrogen) atoms. The molecule has 0 saturated heterocycles. The molecule has 0 heterocycles. The molecule has 0 aromatic heterocycles. The lowest BCUT2D eigenvalue weighted by Crippen LogP contribution is -2.57. The predicted molar refractivity (Wildman–Crippen MR) is 74.5 cm³/mol. The van der Waals surface area contributed by atoms with Crippen LogP contribution in [0, 0.1) is 17.8 Å². The zero-order valence-corrected chi connectivity index (χ0v) is 12.8. The Balaban J connectivity index is 2.74. The first kappa shape index (κ1) is 16.0. The number of esters is 1. The second-order valence-corrected chi connectivity index (χ2v) is 6.31. The fourth-order valence-corrected chi connectivity index (χ4v) is 2.67. The van der Waals surface area contributed by atoms with Crippen LogP contribution < -0.4 is 5.32 Å². The van der Waals surface area contributed by atoms with Gasteiger partial charge in [0, 0.05) is 5.92 Å². The van der Waals surface area contributed by atoms with Gasteiger partial charge in [-0.1, -0.05) is 33.6 Å². The van der Waals surface area contributed by atoms with Gasteiger partial charge in [-0.25, -0.2) is 4.79 Å². The number of amides is 1. The molecule has 1 fully saturated rings. The highest BCUT2D eigenvalue weighted by atomic mass is 16.5. The van der Waals surface area contributed by atoms with Gasteiger partial charge in [-0.2, -0.15) is 0 Å². The largest absolute Gasteiger partial charge is 0.467 e. The lowest BCUT2D eigenvalue weighted by molar-refractivity contribution is -0.153. The Morgan fingerprint density at radius 3 is 2.42 bits per heavy atom. The number of nitrogens with one attached hydrogen (secondary N) is 1. The minimum atomic E-state index is -0.938. The number of ether oxygens (including phenoxy) is 1. The van der Waals surface area contributed by atoms with Crippen LogP contribution in [0.4, 0.5) is 0 Å². The molecule has 4 heteroatoms. The second kappa shape index (κ2) is 6.40. The fraction of sp³-hybridized carbons (Fsp3) is 0.867. The average molecular weight is 269 g/mol. The van der Waals surface area contributed by atoms with Crippen LogP contribution in [0.2, 0.25) is 0 Å².